The fourth-order valence-corrected chi connectivity index (χ4v) is 1.34. The second-order valence-electron chi connectivity index (χ2n) is 3.39. The van der Waals surface area contributed by atoms with Crippen LogP contribution in [-0.4, -0.2) is 48.2 Å². The molecule has 0 aliphatic carbocycles. The van der Waals surface area contributed by atoms with Gasteiger partial charge in [0.1, 0.15) is 6.04 Å². The van der Waals surface area contributed by atoms with Gasteiger partial charge in [0.15, 0.2) is 0 Å². The fraction of sp³-hybridized carbons (Fsp3) is 0.750. The average molecular weight is 242 g/mol. The summed E-state index contributed by atoms with van der Waals surface area (Å²) >= 11 is 0. The molecule has 1 N–H and O–H groups in total. The summed E-state index contributed by atoms with van der Waals surface area (Å²) in [7, 11) is 0. The van der Waals surface area contributed by atoms with Crippen molar-refractivity contribution in [2.24, 2.45) is 0 Å². The molecule has 1 aliphatic heterocycles. The summed E-state index contributed by atoms with van der Waals surface area (Å²) in [6, 6.07) is -1.16. The predicted molar refractivity (Wildman–Crippen MR) is 45.1 cm³/mol. The van der Waals surface area contributed by atoms with E-state index in [-0.39, 0.29) is 13.1 Å². The van der Waals surface area contributed by atoms with E-state index in [0.29, 0.717) is 4.90 Å². The maximum Gasteiger partial charge on any atom is 0.383 e. The third kappa shape index (κ3) is 2.10. The largest absolute Gasteiger partial charge is 0.383 e. The van der Waals surface area contributed by atoms with Gasteiger partial charge >= 0.3 is 12.3 Å². The number of hydrogen-bond donors (Lipinski definition) is 1. The minimum Gasteiger partial charge on any atom is -0.353 e. The third-order valence-corrected chi connectivity index (χ3v) is 2.32. The highest BCUT2D eigenvalue weighted by molar-refractivity contribution is 5.91. The molecule has 16 heavy (non-hydrogen) atoms. The lowest BCUT2D eigenvalue weighted by Crippen LogP contribution is -2.60. The maximum atomic E-state index is 12.8. The van der Waals surface area contributed by atoms with Crippen LogP contribution in [0.3, 0.4) is 0 Å². The second kappa shape index (κ2) is 4.26. The van der Waals surface area contributed by atoms with Gasteiger partial charge in [-0.2, -0.15) is 8.78 Å². The smallest absolute Gasteiger partial charge is 0.353 e. The molecule has 1 unspecified atom stereocenters. The van der Waals surface area contributed by atoms with Crippen molar-refractivity contribution < 1.29 is 27.2 Å². The lowest BCUT2D eigenvalue weighted by atomic mass is 10.1. The standard InChI is InChI=1S/C8H10F4N2O2/c1-4-5(15)13-2-3-14(4)7(16)8(11,12)6(9)10/h4,6H,2-3H2,1H3,(H,13,15). The molecule has 1 rings (SSSR count). The van der Waals surface area contributed by atoms with Crippen molar-refractivity contribution in [2.75, 3.05) is 13.1 Å². The minimum absolute atomic E-state index is 0.0196. The zero-order chi connectivity index (χ0) is 12.5. The quantitative estimate of drug-likeness (QED) is 0.705. The van der Waals surface area contributed by atoms with E-state index in [4.69, 9.17) is 0 Å². The van der Waals surface area contributed by atoms with Gasteiger partial charge in [0.05, 0.1) is 0 Å². The SMILES string of the molecule is CC1C(=O)NCCN1C(=O)C(F)(F)C(F)F. The third-order valence-electron chi connectivity index (χ3n) is 2.32. The van der Waals surface area contributed by atoms with Crippen LogP contribution in [0.25, 0.3) is 0 Å². The van der Waals surface area contributed by atoms with E-state index in [1.807, 2.05) is 0 Å². The van der Waals surface area contributed by atoms with Crippen LogP contribution in [0.15, 0.2) is 0 Å². The Morgan fingerprint density at radius 2 is 2.12 bits per heavy atom. The number of nitrogens with one attached hydrogen (secondary N) is 1. The number of alkyl halides is 4. The summed E-state index contributed by atoms with van der Waals surface area (Å²) < 4.78 is 49.4. The van der Waals surface area contributed by atoms with E-state index >= 15 is 0 Å². The molecule has 4 nitrogen and oxygen atoms in total. The molecule has 1 saturated heterocycles. The summed E-state index contributed by atoms with van der Waals surface area (Å²) in [5, 5.41) is 2.33. The van der Waals surface area contributed by atoms with Crippen molar-refractivity contribution >= 4 is 11.8 Å². The van der Waals surface area contributed by atoms with Crippen molar-refractivity contribution in [2.45, 2.75) is 25.3 Å². The van der Waals surface area contributed by atoms with Crippen LogP contribution >= 0.6 is 0 Å². The number of hydrogen-bond acceptors (Lipinski definition) is 2. The number of rotatable bonds is 2. The normalized spacial score (nSPS) is 22.2. The van der Waals surface area contributed by atoms with E-state index in [0.717, 1.165) is 0 Å². The van der Waals surface area contributed by atoms with Gasteiger partial charge in [0, 0.05) is 13.1 Å². The van der Waals surface area contributed by atoms with Crippen molar-refractivity contribution in [1.82, 2.24) is 10.2 Å². The van der Waals surface area contributed by atoms with Gasteiger partial charge in [0.25, 0.3) is 5.91 Å². The van der Waals surface area contributed by atoms with E-state index in [9.17, 15) is 27.2 Å². The number of amides is 2. The Balaban J connectivity index is 2.84. The fourth-order valence-electron chi connectivity index (χ4n) is 1.34. The summed E-state index contributed by atoms with van der Waals surface area (Å²) in [6.07, 6.45) is -4.07. The van der Waals surface area contributed by atoms with Crippen molar-refractivity contribution in [3.05, 3.63) is 0 Å². The summed E-state index contributed by atoms with van der Waals surface area (Å²) in [4.78, 5) is 22.7. The number of nitrogens with zero attached hydrogens (tertiary/aromatic N) is 1. The second-order valence-corrected chi connectivity index (χ2v) is 3.39. The highest BCUT2D eigenvalue weighted by Crippen LogP contribution is 2.26. The predicted octanol–water partition coefficient (Wildman–Crippen LogP) is 0.234. The molecule has 0 bridgehead atoms. The highest BCUT2D eigenvalue weighted by atomic mass is 19.3. The first kappa shape index (κ1) is 12.7. The summed E-state index contributed by atoms with van der Waals surface area (Å²) in [5.41, 5.74) is 0. The Hall–Kier alpha value is -1.34. The highest BCUT2D eigenvalue weighted by Gasteiger charge is 2.52. The molecule has 0 aromatic heterocycles. The van der Waals surface area contributed by atoms with Gasteiger partial charge < -0.3 is 10.2 Å². The zero-order valence-corrected chi connectivity index (χ0v) is 8.34. The Kier molecular flexibility index (Phi) is 3.39. The van der Waals surface area contributed by atoms with Crippen LogP contribution in [0.5, 0.6) is 0 Å². The van der Waals surface area contributed by atoms with Gasteiger partial charge in [-0.05, 0) is 6.92 Å². The minimum atomic E-state index is -4.74. The van der Waals surface area contributed by atoms with Gasteiger partial charge in [-0.3, -0.25) is 9.59 Å². The van der Waals surface area contributed by atoms with Gasteiger partial charge in [0.2, 0.25) is 5.91 Å². The van der Waals surface area contributed by atoms with E-state index in [1.165, 1.54) is 6.92 Å². The molecular formula is C8H10F4N2O2. The van der Waals surface area contributed by atoms with Crippen LogP contribution in [0, 0.1) is 0 Å². The summed E-state index contributed by atoms with van der Waals surface area (Å²) in [6.45, 7) is 0.982. The maximum absolute atomic E-state index is 12.8. The van der Waals surface area contributed by atoms with Crippen molar-refractivity contribution in [3.63, 3.8) is 0 Å². The lowest BCUT2D eigenvalue weighted by molar-refractivity contribution is -0.184. The first-order valence-electron chi connectivity index (χ1n) is 4.53. The van der Waals surface area contributed by atoms with E-state index in [1.54, 1.807) is 0 Å². The first-order valence-corrected chi connectivity index (χ1v) is 4.53. The van der Waals surface area contributed by atoms with Gasteiger partial charge in [-0.25, -0.2) is 8.78 Å². The Labute approximate surface area is 88.6 Å². The molecule has 0 aromatic carbocycles. The Morgan fingerprint density at radius 3 is 2.62 bits per heavy atom. The molecule has 0 radical (unpaired) electrons. The van der Waals surface area contributed by atoms with Crippen LogP contribution in [0.1, 0.15) is 6.92 Å². The first-order chi connectivity index (χ1) is 7.28. The zero-order valence-electron chi connectivity index (χ0n) is 8.34. The van der Waals surface area contributed by atoms with E-state index < -0.39 is 30.2 Å². The topological polar surface area (TPSA) is 49.4 Å². The molecule has 1 heterocycles. The van der Waals surface area contributed by atoms with Crippen LogP contribution in [0.2, 0.25) is 0 Å². The molecular weight excluding hydrogens is 232 g/mol. The number of carbonyl (C=O) groups excluding carboxylic acids is 2. The Bertz CT molecular complexity index is 308. The van der Waals surface area contributed by atoms with Crippen molar-refractivity contribution in [3.8, 4) is 0 Å². The molecule has 1 fully saturated rings. The summed E-state index contributed by atoms with van der Waals surface area (Å²) in [5.74, 6) is -7.39. The molecule has 2 amide bonds. The molecule has 0 saturated carbocycles. The van der Waals surface area contributed by atoms with Crippen LogP contribution < -0.4 is 5.32 Å². The van der Waals surface area contributed by atoms with Crippen molar-refractivity contribution in [1.29, 1.82) is 0 Å². The van der Waals surface area contributed by atoms with Gasteiger partial charge in [-0.1, -0.05) is 0 Å². The molecule has 8 heteroatoms. The van der Waals surface area contributed by atoms with Gasteiger partial charge in [-0.15, -0.1) is 0 Å². The lowest BCUT2D eigenvalue weighted by Gasteiger charge is -2.34. The van der Waals surface area contributed by atoms with Crippen LogP contribution in [-0.2, 0) is 9.59 Å². The van der Waals surface area contributed by atoms with E-state index in [2.05, 4.69) is 5.32 Å². The van der Waals surface area contributed by atoms with Crippen LogP contribution in [0.4, 0.5) is 17.6 Å². The molecule has 1 aliphatic rings. The number of halogens is 4. The molecule has 1 atom stereocenters. The molecule has 0 aromatic rings. The number of carbonyl (C=O) groups is 2. The number of piperazine rings is 1. The average Bonchev–Trinajstić information content (AvgIpc) is 2.21. The Morgan fingerprint density at radius 1 is 1.56 bits per heavy atom. The monoisotopic (exact) mass is 242 g/mol. The molecule has 92 valence electrons. The molecule has 0 spiro atoms.